The lowest BCUT2D eigenvalue weighted by atomic mass is 9.92. The highest BCUT2D eigenvalue weighted by atomic mass is 32.2. The third kappa shape index (κ3) is 3.39. The van der Waals surface area contributed by atoms with Gasteiger partial charge in [0.2, 0.25) is 0 Å². The number of rotatable bonds is 2. The van der Waals surface area contributed by atoms with E-state index in [2.05, 4.69) is 91.2 Å². The minimum Gasteiger partial charge on any atom is -0.245 e. The highest BCUT2D eigenvalue weighted by Crippen LogP contribution is 2.52. The number of para-hydroxylation sites is 1. The molecule has 2 atom stereocenters. The van der Waals surface area contributed by atoms with Gasteiger partial charge in [0, 0.05) is 16.1 Å². The molecular formula is C22H19NS2. The minimum atomic E-state index is 0.246. The van der Waals surface area contributed by atoms with Crippen molar-refractivity contribution in [1.29, 1.82) is 0 Å². The SMILES string of the molecule is CSC1=Nc2ccccc2SC(c2ccccc2)C1c1ccccc1. The second-order valence-corrected chi connectivity index (χ2v) is 7.97. The summed E-state index contributed by atoms with van der Waals surface area (Å²) in [5, 5.41) is 1.48. The second kappa shape index (κ2) is 7.51. The molecule has 4 rings (SSSR count). The molecule has 0 radical (unpaired) electrons. The van der Waals surface area contributed by atoms with Crippen molar-refractivity contribution < 1.29 is 0 Å². The van der Waals surface area contributed by atoms with E-state index in [4.69, 9.17) is 4.99 Å². The van der Waals surface area contributed by atoms with Gasteiger partial charge in [-0.05, 0) is 29.5 Å². The topological polar surface area (TPSA) is 12.4 Å². The largest absolute Gasteiger partial charge is 0.245 e. The van der Waals surface area contributed by atoms with Gasteiger partial charge >= 0.3 is 0 Å². The maximum absolute atomic E-state index is 5.05. The Hall–Kier alpha value is -1.97. The van der Waals surface area contributed by atoms with E-state index in [1.165, 1.54) is 21.1 Å². The molecule has 0 N–H and O–H groups in total. The number of hydrogen-bond acceptors (Lipinski definition) is 3. The molecule has 1 heterocycles. The summed E-state index contributed by atoms with van der Waals surface area (Å²) in [4.78, 5) is 6.30. The minimum absolute atomic E-state index is 0.246. The van der Waals surface area contributed by atoms with E-state index < -0.39 is 0 Å². The van der Waals surface area contributed by atoms with Gasteiger partial charge in [0.15, 0.2) is 0 Å². The number of aliphatic imine (C=N–C) groups is 1. The Morgan fingerprint density at radius 1 is 0.760 bits per heavy atom. The Balaban J connectivity index is 1.90. The Morgan fingerprint density at radius 2 is 1.36 bits per heavy atom. The van der Waals surface area contributed by atoms with E-state index in [-0.39, 0.29) is 5.92 Å². The third-order valence-electron chi connectivity index (χ3n) is 4.41. The van der Waals surface area contributed by atoms with Crippen LogP contribution in [-0.4, -0.2) is 11.3 Å². The van der Waals surface area contributed by atoms with Crippen molar-refractivity contribution in [2.24, 2.45) is 4.99 Å². The van der Waals surface area contributed by atoms with Crippen LogP contribution in [0.4, 0.5) is 5.69 Å². The molecular weight excluding hydrogens is 342 g/mol. The van der Waals surface area contributed by atoms with Gasteiger partial charge in [-0.15, -0.1) is 23.5 Å². The molecule has 1 aliphatic heterocycles. The van der Waals surface area contributed by atoms with Gasteiger partial charge in [-0.1, -0.05) is 72.8 Å². The van der Waals surface area contributed by atoms with Crippen LogP contribution in [-0.2, 0) is 0 Å². The summed E-state index contributed by atoms with van der Waals surface area (Å²) in [7, 11) is 0. The number of fused-ring (bicyclic) bond motifs is 1. The van der Waals surface area contributed by atoms with Gasteiger partial charge in [-0.3, -0.25) is 0 Å². The molecule has 0 spiro atoms. The monoisotopic (exact) mass is 361 g/mol. The van der Waals surface area contributed by atoms with Crippen LogP contribution < -0.4 is 0 Å². The lowest BCUT2D eigenvalue weighted by Crippen LogP contribution is -2.15. The molecule has 124 valence electrons. The summed E-state index contributed by atoms with van der Waals surface area (Å²) >= 11 is 3.69. The summed E-state index contributed by atoms with van der Waals surface area (Å²) in [5.41, 5.74) is 3.75. The average Bonchev–Trinajstić information content (AvgIpc) is 2.86. The lowest BCUT2D eigenvalue weighted by Gasteiger charge is -2.26. The first kappa shape index (κ1) is 16.5. The number of benzene rings is 3. The zero-order valence-corrected chi connectivity index (χ0v) is 15.6. The fraction of sp³-hybridized carbons (Fsp3) is 0.136. The van der Waals surface area contributed by atoms with Gasteiger partial charge in [-0.25, -0.2) is 4.99 Å². The molecule has 25 heavy (non-hydrogen) atoms. The highest BCUT2D eigenvalue weighted by molar-refractivity contribution is 8.13. The first-order chi connectivity index (χ1) is 12.4. The molecule has 0 saturated carbocycles. The van der Waals surface area contributed by atoms with Crippen molar-refractivity contribution in [3.63, 3.8) is 0 Å². The van der Waals surface area contributed by atoms with E-state index in [1.807, 2.05) is 11.8 Å². The van der Waals surface area contributed by atoms with Gasteiger partial charge in [-0.2, -0.15) is 0 Å². The van der Waals surface area contributed by atoms with Crippen molar-refractivity contribution >= 4 is 34.3 Å². The number of thioether (sulfide) groups is 2. The quantitative estimate of drug-likeness (QED) is 0.503. The smallest absolute Gasteiger partial charge is 0.0826 e. The van der Waals surface area contributed by atoms with Crippen LogP contribution in [0.25, 0.3) is 0 Å². The molecule has 0 aromatic heterocycles. The van der Waals surface area contributed by atoms with Crippen LogP contribution in [0.1, 0.15) is 22.3 Å². The highest BCUT2D eigenvalue weighted by Gasteiger charge is 2.32. The maximum atomic E-state index is 5.05. The zero-order valence-electron chi connectivity index (χ0n) is 14.0. The Bertz CT molecular complexity index is 875. The molecule has 1 aliphatic rings. The molecule has 0 aliphatic carbocycles. The molecule has 1 nitrogen and oxygen atoms in total. The summed E-state index contributed by atoms with van der Waals surface area (Å²) in [6.45, 7) is 0. The first-order valence-corrected chi connectivity index (χ1v) is 10.5. The van der Waals surface area contributed by atoms with Crippen molar-refractivity contribution in [1.82, 2.24) is 0 Å². The molecule has 0 saturated heterocycles. The average molecular weight is 362 g/mol. The van der Waals surface area contributed by atoms with Crippen LogP contribution >= 0.6 is 23.5 Å². The number of nitrogens with zero attached hydrogens (tertiary/aromatic N) is 1. The fourth-order valence-electron chi connectivity index (χ4n) is 3.23. The molecule has 0 bridgehead atoms. The zero-order chi connectivity index (χ0) is 17.1. The second-order valence-electron chi connectivity index (χ2n) is 5.96. The van der Waals surface area contributed by atoms with Crippen molar-refractivity contribution in [2.75, 3.05) is 6.26 Å². The molecule has 3 aromatic rings. The molecule has 2 unspecified atom stereocenters. The van der Waals surface area contributed by atoms with Crippen LogP contribution in [0.2, 0.25) is 0 Å². The first-order valence-electron chi connectivity index (χ1n) is 8.35. The normalized spacial score (nSPS) is 19.6. The van der Waals surface area contributed by atoms with E-state index >= 15 is 0 Å². The van der Waals surface area contributed by atoms with Gasteiger partial charge in [0.05, 0.1) is 10.7 Å². The van der Waals surface area contributed by atoms with Crippen molar-refractivity contribution in [3.8, 4) is 0 Å². The summed E-state index contributed by atoms with van der Waals surface area (Å²) in [6, 6.07) is 30.1. The summed E-state index contributed by atoms with van der Waals surface area (Å²) < 4.78 is 0. The molecule has 0 amide bonds. The number of hydrogen-bond donors (Lipinski definition) is 0. The Kier molecular flexibility index (Phi) is 4.95. The van der Waals surface area contributed by atoms with Crippen molar-refractivity contribution in [2.45, 2.75) is 16.1 Å². The predicted molar refractivity (Wildman–Crippen MR) is 111 cm³/mol. The lowest BCUT2D eigenvalue weighted by molar-refractivity contribution is 0.867. The van der Waals surface area contributed by atoms with E-state index in [0.29, 0.717) is 5.25 Å². The van der Waals surface area contributed by atoms with Gasteiger partial charge in [0.25, 0.3) is 0 Å². The van der Waals surface area contributed by atoms with Crippen molar-refractivity contribution in [3.05, 3.63) is 96.1 Å². The predicted octanol–water partition coefficient (Wildman–Crippen LogP) is 6.71. The van der Waals surface area contributed by atoms with Crippen LogP contribution in [0, 0.1) is 0 Å². The van der Waals surface area contributed by atoms with E-state index in [9.17, 15) is 0 Å². The third-order valence-corrected chi connectivity index (χ3v) is 6.58. The summed E-state index contributed by atoms with van der Waals surface area (Å²) in [5.74, 6) is 0.246. The molecule has 0 fully saturated rings. The van der Waals surface area contributed by atoms with Gasteiger partial charge in [0.1, 0.15) is 0 Å². The van der Waals surface area contributed by atoms with E-state index in [1.54, 1.807) is 11.8 Å². The summed E-state index contributed by atoms with van der Waals surface area (Å²) in [6.07, 6.45) is 2.13. The van der Waals surface area contributed by atoms with Crippen LogP contribution in [0.3, 0.4) is 0 Å². The van der Waals surface area contributed by atoms with E-state index in [0.717, 1.165) is 5.69 Å². The Morgan fingerprint density at radius 3 is 2.04 bits per heavy atom. The van der Waals surface area contributed by atoms with Gasteiger partial charge < -0.3 is 0 Å². The fourth-order valence-corrected chi connectivity index (χ4v) is 5.41. The standard InChI is InChI=1S/C22H19NS2/c1-24-22-20(16-10-4-2-5-11-16)21(17-12-6-3-7-13-17)25-19-15-9-8-14-18(19)23-22/h2-15,20-21H,1H3. The molecule has 3 heteroatoms. The Labute approximate surface area is 157 Å². The maximum Gasteiger partial charge on any atom is 0.0826 e. The van der Waals surface area contributed by atoms with Crippen LogP contribution in [0.15, 0.2) is 94.8 Å². The molecule has 3 aromatic carbocycles. The van der Waals surface area contributed by atoms with Crippen LogP contribution in [0.5, 0.6) is 0 Å².